The van der Waals surface area contributed by atoms with Gasteiger partial charge in [-0.05, 0) is 19.1 Å². The summed E-state index contributed by atoms with van der Waals surface area (Å²) in [4.78, 5) is 8.34. The molecule has 0 unspecified atom stereocenters. The maximum absolute atomic E-state index is 9.29. The largest absolute Gasteiger partial charge is 0.395 e. The van der Waals surface area contributed by atoms with Gasteiger partial charge in [-0.25, -0.2) is 9.97 Å². The molecule has 2 heterocycles. The summed E-state index contributed by atoms with van der Waals surface area (Å²) in [5, 5.41) is 36.8. The number of hydrogen-bond acceptors (Lipinski definition) is 9. The highest BCUT2D eigenvalue weighted by molar-refractivity contribution is 6.36. The van der Waals surface area contributed by atoms with Gasteiger partial charge in [0.2, 0.25) is 0 Å². The minimum absolute atomic E-state index is 0.0725. The van der Waals surface area contributed by atoms with Crippen molar-refractivity contribution in [3.05, 3.63) is 40.8 Å². The van der Waals surface area contributed by atoms with Gasteiger partial charge in [-0.2, -0.15) is 15.0 Å². The smallest absolute Gasteiger partial charge is 0.262 e. The first-order chi connectivity index (χ1) is 13.6. The summed E-state index contributed by atoms with van der Waals surface area (Å²) >= 11 is 6.45. The SMILES string of the molecule is CCN(Nc1cc(C#N)cc(NCCO)c1Cl)c1ncc2ncc(C#N)n2n1. The standard InChI is InChI=1S/C17H16ClN9O/c1-2-26(17-23-10-15-22-9-12(8-20)27(15)25-17)24-14-6-11(7-19)5-13(16(14)18)21-3-4-28/h5-6,9-10,21,24,28H,2-4H2,1H3. The number of aromatic nitrogens is 4. The van der Waals surface area contributed by atoms with Crippen LogP contribution >= 0.6 is 11.6 Å². The molecular formula is C17H16ClN9O. The molecule has 1 aromatic carbocycles. The van der Waals surface area contributed by atoms with Crippen molar-refractivity contribution in [2.75, 3.05) is 35.4 Å². The number of anilines is 3. The molecule has 0 aliphatic carbocycles. The van der Waals surface area contributed by atoms with E-state index in [9.17, 15) is 5.26 Å². The van der Waals surface area contributed by atoms with Crippen LogP contribution in [-0.2, 0) is 0 Å². The van der Waals surface area contributed by atoms with Crippen LogP contribution in [0.5, 0.6) is 0 Å². The maximum Gasteiger partial charge on any atom is 0.262 e. The third kappa shape index (κ3) is 3.74. The number of imidazole rings is 1. The van der Waals surface area contributed by atoms with Gasteiger partial charge < -0.3 is 10.4 Å². The molecule has 0 radical (unpaired) electrons. The number of nitrogens with one attached hydrogen (secondary N) is 2. The fraction of sp³-hybridized carbons (Fsp3) is 0.235. The monoisotopic (exact) mass is 397 g/mol. The predicted octanol–water partition coefficient (Wildman–Crippen LogP) is 1.78. The Morgan fingerprint density at radius 3 is 2.68 bits per heavy atom. The van der Waals surface area contributed by atoms with E-state index in [1.165, 1.54) is 16.9 Å². The molecule has 0 aliphatic heterocycles. The lowest BCUT2D eigenvalue weighted by atomic mass is 10.2. The normalized spacial score (nSPS) is 10.3. The van der Waals surface area contributed by atoms with Crippen LogP contribution in [0.15, 0.2) is 24.5 Å². The highest BCUT2D eigenvalue weighted by Crippen LogP contribution is 2.32. The molecule has 0 amide bonds. The van der Waals surface area contributed by atoms with E-state index in [2.05, 4.69) is 31.9 Å². The van der Waals surface area contributed by atoms with Crippen molar-refractivity contribution in [2.45, 2.75) is 6.92 Å². The van der Waals surface area contributed by atoms with Gasteiger partial charge in [-0.1, -0.05) is 11.6 Å². The lowest BCUT2D eigenvalue weighted by molar-refractivity contribution is 0.311. The topological polar surface area (TPSA) is 138 Å². The maximum atomic E-state index is 9.29. The highest BCUT2D eigenvalue weighted by atomic mass is 35.5. The summed E-state index contributed by atoms with van der Waals surface area (Å²) in [5.41, 5.74) is 5.23. The zero-order valence-electron chi connectivity index (χ0n) is 14.9. The molecule has 10 nitrogen and oxygen atoms in total. The van der Waals surface area contributed by atoms with Crippen LogP contribution in [0.25, 0.3) is 5.65 Å². The molecule has 0 aliphatic rings. The van der Waals surface area contributed by atoms with Crippen molar-refractivity contribution in [1.29, 1.82) is 10.5 Å². The minimum atomic E-state index is -0.0725. The fourth-order valence-corrected chi connectivity index (χ4v) is 2.71. The average molecular weight is 398 g/mol. The van der Waals surface area contributed by atoms with Crippen molar-refractivity contribution in [3.8, 4) is 12.1 Å². The molecule has 2 aromatic heterocycles. The third-order valence-corrected chi connectivity index (χ3v) is 4.21. The molecule has 0 saturated carbocycles. The Balaban J connectivity index is 1.97. The van der Waals surface area contributed by atoms with Crippen molar-refractivity contribution in [3.63, 3.8) is 0 Å². The van der Waals surface area contributed by atoms with E-state index in [1.54, 1.807) is 17.1 Å². The van der Waals surface area contributed by atoms with Crippen LogP contribution < -0.4 is 15.8 Å². The van der Waals surface area contributed by atoms with Crippen molar-refractivity contribution in [2.24, 2.45) is 0 Å². The molecule has 28 heavy (non-hydrogen) atoms. The van der Waals surface area contributed by atoms with Gasteiger partial charge in [0.1, 0.15) is 6.07 Å². The van der Waals surface area contributed by atoms with Gasteiger partial charge in [0.15, 0.2) is 11.3 Å². The van der Waals surface area contributed by atoms with E-state index in [4.69, 9.17) is 22.0 Å². The van der Waals surface area contributed by atoms with E-state index < -0.39 is 0 Å². The molecule has 0 bridgehead atoms. The van der Waals surface area contributed by atoms with Crippen LogP contribution in [0.4, 0.5) is 17.3 Å². The molecule has 0 fully saturated rings. The summed E-state index contributed by atoms with van der Waals surface area (Å²) in [6, 6.07) is 7.31. The summed E-state index contributed by atoms with van der Waals surface area (Å²) < 4.78 is 1.40. The van der Waals surface area contributed by atoms with E-state index >= 15 is 0 Å². The molecule has 3 rings (SSSR count). The van der Waals surface area contributed by atoms with Gasteiger partial charge in [-0.15, -0.1) is 5.10 Å². The number of nitriles is 2. The number of benzene rings is 1. The zero-order chi connectivity index (χ0) is 20.1. The minimum Gasteiger partial charge on any atom is -0.395 e. The van der Waals surface area contributed by atoms with Crippen molar-refractivity contribution in [1.82, 2.24) is 19.6 Å². The van der Waals surface area contributed by atoms with Crippen LogP contribution in [0.3, 0.4) is 0 Å². The number of aliphatic hydroxyl groups is 1. The van der Waals surface area contributed by atoms with Crippen LogP contribution in [0, 0.1) is 22.7 Å². The van der Waals surface area contributed by atoms with Crippen LogP contribution in [0.2, 0.25) is 5.02 Å². The van der Waals surface area contributed by atoms with Gasteiger partial charge in [0, 0.05) is 13.1 Å². The Morgan fingerprint density at radius 1 is 1.21 bits per heavy atom. The predicted molar refractivity (Wildman–Crippen MR) is 104 cm³/mol. The number of fused-ring (bicyclic) bond motifs is 1. The first kappa shape index (κ1) is 19.2. The van der Waals surface area contributed by atoms with Gasteiger partial charge in [0.25, 0.3) is 5.95 Å². The number of halogens is 1. The Morgan fingerprint density at radius 2 is 2.00 bits per heavy atom. The second kappa shape index (κ2) is 8.39. The number of rotatable bonds is 7. The van der Waals surface area contributed by atoms with Crippen molar-refractivity contribution >= 4 is 34.6 Å². The Kier molecular flexibility index (Phi) is 5.75. The summed E-state index contributed by atoms with van der Waals surface area (Å²) in [6.45, 7) is 2.57. The Labute approximate surface area is 165 Å². The number of hydrazine groups is 1. The summed E-state index contributed by atoms with van der Waals surface area (Å²) in [5.74, 6) is 0.299. The zero-order valence-corrected chi connectivity index (χ0v) is 15.6. The highest BCUT2D eigenvalue weighted by Gasteiger charge is 2.15. The van der Waals surface area contributed by atoms with E-state index in [1.807, 2.05) is 13.0 Å². The molecule has 0 atom stereocenters. The number of aliphatic hydroxyl groups excluding tert-OH is 1. The van der Waals surface area contributed by atoms with E-state index in [0.29, 0.717) is 46.6 Å². The van der Waals surface area contributed by atoms with E-state index in [0.717, 1.165) is 0 Å². The molecule has 142 valence electrons. The van der Waals surface area contributed by atoms with Gasteiger partial charge in [0.05, 0.1) is 47.0 Å². The first-order valence-electron chi connectivity index (χ1n) is 8.34. The summed E-state index contributed by atoms with van der Waals surface area (Å²) in [6.07, 6.45) is 2.93. The van der Waals surface area contributed by atoms with E-state index in [-0.39, 0.29) is 12.3 Å². The molecule has 3 N–H and O–H groups in total. The lowest BCUT2D eigenvalue weighted by Gasteiger charge is -2.24. The average Bonchev–Trinajstić information content (AvgIpc) is 3.14. The molecule has 3 aromatic rings. The number of hydrogen-bond donors (Lipinski definition) is 3. The molecule has 0 spiro atoms. The second-order valence-electron chi connectivity index (χ2n) is 5.59. The molecular weight excluding hydrogens is 382 g/mol. The quantitative estimate of drug-likeness (QED) is 0.509. The van der Waals surface area contributed by atoms with Gasteiger partial charge >= 0.3 is 0 Å². The molecule has 11 heteroatoms. The van der Waals surface area contributed by atoms with Gasteiger partial charge in [-0.3, -0.25) is 10.4 Å². The lowest BCUT2D eigenvalue weighted by Crippen LogP contribution is -2.32. The molecule has 0 saturated heterocycles. The van der Waals surface area contributed by atoms with Crippen LogP contribution in [0.1, 0.15) is 18.2 Å². The fourth-order valence-electron chi connectivity index (χ4n) is 2.49. The summed E-state index contributed by atoms with van der Waals surface area (Å²) in [7, 11) is 0. The third-order valence-electron chi connectivity index (χ3n) is 3.81. The number of nitrogens with zero attached hydrogens (tertiary/aromatic N) is 7. The first-order valence-corrected chi connectivity index (χ1v) is 8.72. The van der Waals surface area contributed by atoms with Crippen LogP contribution in [-0.4, -0.2) is 44.4 Å². The Hall–Kier alpha value is -3.60. The second-order valence-corrected chi connectivity index (χ2v) is 5.97. The Bertz CT molecular complexity index is 1080. The van der Waals surface area contributed by atoms with Crippen molar-refractivity contribution < 1.29 is 5.11 Å².